The molecule has 4 nitrogen and oxygen atoms in total. The lowest BCUT2D eigenvalue weighted by Crippen LogP contribution is -2.28. The van der Waals surface area contributed by atoms with Crippen LogP contribution in [0.1, 0.15) is 36.8 Å². The summed E-state index contributed by atoms with van der Waals surface area (Å²) in [7, 11) is 0. The zero-order chi connectivity index (χ0) is 14.7. The maximum atomic E-state index is 13.7. The number of para-hydroxylation sites is 1. The normalized spacial score (nSPS) is 16.9. The molecule has 1 aliphatic rings. The number of ether oxygens (including phenoxy) is 1. The Kier molecular flexibility index (Phi) is 7.68. The van der Waals surface area contributed by atoms with Crippen LogP contribution in [0.15, 0.2) is 30.3 Å². The van der Waals surface area contributed by atoms with E-state index in [1.54, 1.807) is 24.3 Å². The van der Waals surface area contributed by atoms with E-state index in [9.17, 15) is 4.39 Å². The van der Waals surface area contributed by atoms with E-state index >= 15 is 0 Å². The Labute approximate surface area is 147 Å². The first-order chi connectivity index (χ1) is 10.2. The van der Waals surface area contributed by atoms with Crippen LogP contribution in [0.5, 0.6) is 11.6 Å². The number of hydrogen-bond acceptors (Lipinski definition) is 4. The highest BCUT2D eigenvalue weighted by Gasteiger charge is 2.19. The summed E-state index contributed by atoms with van der Waals surface area (Å²) in [6.45, 7) is 2.87. The summed E-state index contributed by atoms with van der Waals surface area (Å²) in [6.07, 6.45) is 3.36. The molecule has 0 aliphatic carbocycles. The summed E-state index contributed by atoms with van der Waals surface area (Å²) < 4.78 is 19.2. The lowest BCUT2D eigenvalue weighted by molar-refractivity contribution is 0.383. The summed E-state index contributed by atoms with van der Waals surface area (Å²) in [5.41, 5.74) is 0.818. The van der Waals surface area contributed by atoms with Crippen molar-refractivity contribution in [2.75, 3.05) is 6.54 Å². The second-order valence-electron chi connectivity index (χ2n) is 5.24. The summed E-state index contributed by atoms with van der Waals surface area (Å²) in [6, 6.07) is 8.19. The fraction of sp³-hybridized carbons (Fsp3) is 0.375. The van der Waals surface area contributed by atoms with Crippen LogP contribution in [0.4, 0.5) is 4.39 Å². The fourth-order valence-electron chi connectivity index (χ4n) is 2.48. The van der Waals surface area contributed by atoms with Gasteiger partial charge >= 0.3 is 0 Å². The highest BCUT2D eigenvalue weighted by atomic mass is 35.5. The molecule has 1 fully saturated rings. The summed E-state index contributed by atoms with van der Waals surface area (Å²) in [5, 5.41) is 3.41. The molecule has 1 atom stereocenters. The van der Waals surface area contributed by atoms with Crippen molar-refractivity contribution < 1.29 is 9.13 Å². The van der Waals surface area contributed by atoms with Crippen molar-refractivity contribution in [3.8, 4) is 11.6 Å². The van der Waals surface area contributed by atoms with Gasteiger partial charge in [-0.15, -0.1) is 24.8 Å². The monoisotopic (exact) mass is 359 g/mol. The van der Waals surface area contributed by atoms with E-state index in [1.165, 1.54) is 18.9 Å². The molecule has 0 spiro atoms. The molecule has 3 rings (SSSR count). The van der Waals surface area contributed by atoms with Crippen molar-refractivity contribution in [3.05, 3.63) is 47.7 Å². The van der Waals surface area contributed by atoms with Crippen LogP contribution in [0.3, 0.4) is 0 Å². The molecule has 7 heteroatoms. The van der Waals surface area contributed by atoms with E-state index in [0.29, 0.717) is 5.88 Å². The molecule has 0 bridgehead atoms. The third-order valence-electron chi connectivity index (χ3n) is 3.52. The van der Waals surface area contributed by atoms with Crippen molar-refractivity contribution in [2.24, 2.45) is 0 Å². The Morgan fingerprint density at radius 2 is 1.96 bits per heavy atom. The SMILES string of the molecule is Cc1cc(Oc2ccccc2F)nc(C2CCCCN2)n1.Cl.Cl. The summed E-state index contributed by atoms with van der Waals surface area (Å²) in [5.74, 6) is 0.889. The van der Waals surface area contributed by atoms with Gasteiger partial charge in [0.25, 0.3) is 0 Å². The van der Waals surface area contributed by atoms with E-state index < -0.39 is 5.82 Å². The minimum absolute atomic E-state index is 0. The van der Waals surface area contributed by atoms with Crippen molar-refractivity contribution in [1.29, 1.82) is 0 Å². The predicted molar refractivity (Wildman–Crippen MR) is 92.3 cm³/mol. The molecule has 1 saturated heterocycles. The first kappa shape index (κ1) is 19.6. The predicted octanol–water partition coefficient (Wildman–Crippen LogP) is 4.37. The maximum Gasteiger partial charge on any atom is 0.222 e. The average molecular weight is 360 g/mol. The molecule has 126 valence electrons. The summed E-state index contributed by atoms with van der Waals surface area (Å²) >= 11 is 0. The third kappa shape index (κ3) is 5.03. The maximum absolute atomic E-state index is 13.7. The largest absolute Gasteiger partial charge is 0.436 e. The van der Waals surface area contributed by atoms with Crippen LogP contribution >= 0.6 is 24.8 Å². The highest BCUT2D eigenvalue weighted by molar-refractivity contribution is 5.85. The number of halogens is 3. The van der Waals surface area contributed by atoms with Crippen molar-refractivity contribution >= 4 is 24.8 Å². The molecule has 23 heavy (non-hydrogen) atoms. The van der Waals surface area contributed by atoms with Gasteiger partial charge < -0.3 is 10.1 Å². The number of hydrogen-bond donors (Lipinski definition) is 1. The third-order valence-corrected chi connectivity index (χ3v) is 3.52. The fourth-order valence-corrected chi connectivity index (χ4v) is 2.48. The van der Waals surface area contributed by atoms with Gasteiger partial charge in [0.2, 0.25) is 5.88 Å². The number of nitrogens with zero attached hydrogens (tertiary/aromatic N) is 2. The number of rotatable bonds is 3. The zero-order valence-corrected chi connectivity index (χ0v) is 14.4. The quantitative estimate of drug-likeness (QED) is 0.883. The highest BCUT2D eigenvalue weighted by Crippen LogP contribution is 2.26. The van der Waals surface area contributed by atoms with Crippen LogP contribution in [-0.4, -0.2) is 16.5 Å². The first-order valence-corrected chi connectivity index (χ1v) is 7.24. The molecular weight excluding hydrogens is 340 g/mol. The minimum Gasteiger partial charge on any atom is -0.436 e. The minimum atomic E-state index is -0.397. The lowest BCUT2D eigenvalue weighted by Gasteiger charge is -2.22. The number of benzene rings is 1. The Morgan fingerprint density at radius 1 is 1.17 bits per heavy atom. The van der Waals surface area contributed by atoms with Gasteiger partial charge in [-0.3, -0.25) is 0 Å². The zero-order valence-electron chi connectivity index (χ0n) is 12.8. The number of nitrogens with one attached hydrogen (secondary N) is 1. The molecule has 2 aromatic rings. The Bertz CT molecular complexity index is 636. The standard InChI is InChI=1S/C16H18FN3O.2ClH/c1-11-10-15(21-14-8-3-2-6-12(14)17)20-16(19-11)13-7-4-5-9-18-13;;/h2-3,6,8,10,13,18H,4-5,7,9H2,1H3;2*1H. The van der Waals surface area contributed by atoms with E-state index in [4.69, 9.17) is 4.74 Å². The van der Waals surface area contributed by atoms with Gasteiger partial charge in [0, 0.05) is 11.8 Å². The van der Waals surface area contributed by atoms with Gasteiger partial charge in [0.1, 0.15) is 5.82 Å². The molecule has 0 saturated carbocycles. The average Bonchev–Trinajstić information content (AvgIpc) is 2.50. The Morgan fingerprint density at radius 3 is 2.65 bits per heavy atom. The van der Waals surface area contributed by atoms with E-state index in [1.807, 2.05) is 6.92 Å². The van der Waals surface area contributed by atoms with E-state index in [0.717, 1.165) is 24.5 Å². The molecule has 0 amide bonds. The summed E-state index contributed by atoms with van der Waals surface area (Å²) in [4.78, 5) is 8.91. The molecule has 1 N–H and O–H groups in total. The molecule has 1 unspecified atom stereocenters. The van der Waals surface area contributed by atoms with Gasteiger partial charge in [-0.2, -0.15) is 4.98 Å². The van der Waals surface area contributed by atoms with Crippen molar-refractivity contribution in [3.63, 3.8) is 0 Å². The smallest absolute Gasteiger partial charge is 0.222 e. The lowest BCUT2D eigenvalue weighted by atomic mass is 10.0. The Hall–Kier alpha value is -1.43. The Balaban J connectivity index is 0.00000132. The molecule has 2 heterocycles. The first-order valence-electron chi connectivity index (χ1n) is 7.24. The molecule has 1 aromatic heterocycles. The van der Waals surface area contributed by atoms with Crippen LogP contribution in [0.2, 0.25) is 0 Å². The van der Waals surface area contributed by atoms with Crippen LogP contribution in [-0.2, 0) is 0 Å². The van der Waals surface area contributed by atoms with Crippen LogP contribution in [0.25, 0.3) is 0 Å². The van der Waals surface area contributed by atoms with Gasteiger partial charge in [0.15, 0.2) is 11.6 Å². The molecule has 1 aromatic carbocycles. The van der Waals surface area contributed by atoms with Crippen LogP contribution in [0, 0.1) is 12.7 Å². The second kappa shape index (κ2) is 9.01. The van der Waals surface area contributed by atoms with E-state index in [-0.39, 0.29) is 36.6 Å². The van der Waals surface area contributed by atoms with Crippen LogP contribution < -0.4 is 10.1 Å². The van der Waals surface area contributed by atoms with Gasteiger partial charge in [-0.1, -0.05) is 18.6 Å². The number of piperidine rings is 1. The number of aromatic nitrogens is 2. The molecular formula is C16H20Cl2FN3O. The number of aryl methyl sites for hydroxylation is 1. The van der Waals surface area contributed by atoms with Crippen molar-refractivity contribution in [1.82, 2.24) is 15.3 Å². The second-order valence-corrected chi connectivity index (χ2v) is 5.24. The van der Waals surface area contributed by atoms with Gasteiger partial charge in [-0.05, 0) is 38.4 Å². The van der Waals surface area contributed by atoms with Gasteiger partial charge in [0.05, 0.1) is 6.04 Å². The van der Waals surface area contributed by atoms with E-state index in [2.05, 4.69) is 15.3 Å². The topological polar surface area (TPSA) is 47.0 Å². The van der Waals surface area contributed by atoms with Crippen molar-refractivity contribution in [2.45, 2.75) is 32.2 Å². The molecule has 0 radical (unpaired) electrons. The van der Waals surface area contributed by atoms with Gasteiger partial charge in [-0.25, -0.2) is 9.37 Å². The molecule has 1 aliphatic heterocycles.